The van der Waals surface area contributed by atoms with Crippen LogP contribution in [0, 0.1) is 6.92 Å². The molecule has 19 heavy (non-hydrogen) atoms. The Bertz CT molecular complexity index is 538. The average molecular weight is 277 g/mol. The maximum absolute atomic E-state index is 5.43. The largest absolute Gasteiger partial charge is 0.365 e. The van der Waals surface area contributed by atoms with E-state index in [0.29, 0.717) is 5.82 Å². The first-order valence-electron chi connectivity index (χ1n) is 6.34. The molecule has 0 atom stereocenters. The molecule has 0 aromatic carbocycles. The number of rotatable bonds is 6. The highest BCUT2D eigenvalue weighted by Gasteiger charge is 2.05. The van der Waals surface area contributed by atoms with Gasteiger partial charge in [0.2, 0.25) is 0 Å². The molecule has 102 valence electrons. The molecule has 0 fully saturated rings. The van der Waals surface area contributed by atoms with E-state index in [1.165, 1.54) is 10.4 Å². The second kappa shape index (κ2) is 6.49. The van der Waals surface area contributed by atoms with Gasteiger partial charge in [0.1, 0.15) is 17.5 Å². The number of nitrogens with zero attached hydrogens (tertiary/aromatic N) is 2. The van der Waals surface area contributed by atoms with E-state index in [2.05, 4.69) is 46.0 Å². The summed E-state index contributed by atoms with van der Waals surface area (Å²) in [6, 6.07) is 3.94. The third-order valence-electron chi connectivity index (χ3n) is 2.79. The van der Waals surface area contributed by atoms with Crippen molar-refractivity contribution in [2.45, 2.75) is 33.2 Å². The molecular formula is C13H19N5S. The second-order valence-electron chi connectivity index (χ2n) is 4.33. The number of nitrogen functional groups attached to an aromatic ring is 1. The summed E-state index contributed by atoms with van der Waals surface area (Å²) in [6.45, 7) is 4.99. The minimum Gasteiger partial charge on any atom is -0.365 e. The van der Waals surface area contributed by atoms with Crippen LogP contribution < -0.4 is 16.6 Å². The third kappa shape index (κ3) is 3.65. The van der Waals surface area contributed by atoms with Crippen molar-refractivity contribution in [1.82, 2.24) is 9.97 Å². The molecule has 2 aromatic heterocycles. The van der Waals surface area contributed by atoms with Gasteiger partial charge in [-0.3, -0.25) is 0 Å². The Morgan fingerprint density at radius 2 is 2.11 bits per heavy atom. The van der Waals surface area contributed by atoms with Crippen LogP contribution in [0.2, 0.25) is 0 Å². The summed E-state index contributed by atoms with van der Waals surface area (Å²) in [7, 11) is 0. The lowest BCUT2D eigenvalue weighted by Crippen LogP contribution is -2.12. The molecule has 2 aromatic rings. The van der Waals surface area contributed by atoms with Crippen LogP contribution in [0.1, 0.15) is 29.6 Å². The van der Waals surface area contributed by atoms with Crippen LogP contribution >= 0.6 is 11.3 Å². The molecule has 0 saturated heterocycles. The summed E-state index contributed by atoms with van der Waals surface area (Å²) < 4.78 is 0. The summed E-state index contributed by atoms with van der Waals surface area (Å²) in [5.41, 5.74) is 3.89. The maximum Gasteiger partial charge on any atom is 0.145 e. The van der Waals surface area contributed by atoms with Gasteiger partial charge in [-0.15, -0.1) is 11.3 Å². The maximum atomic E-state index is 5.43. The van der Waals surface area contributed by atoms with Gasteiger partial charge in [-0.05, 0) is 30.4 Å². The van der Waals surface area contributed by atoms with Gasteiger partial charge >= 0.3 is 0 Å². The molecule has 0 aliphatic heterocycles. The Balaban J connectivity index is 2.10. The van der Waals surface area contributed by atoms with Crippen molar-refractivity contribution in [1.29, 1.82) is 0 Å². The average Bonchev–Trinajstić information content (AvgIpc) is 2.82. The highest BCUT2D eigenvalue weighted by molar-refractivity contribution is 7.10. The van der Waals surface area contributed by atoms with Gasteiger partial charge in [0, 0.05) is 17.4 Å². The summed E-state index contributed by atoms with van der Waals surface area (Å²) in [6.07, 6.45) is 1.86. The van der Waals surface area contributed by atoms with Crippen LogP contribution in [-0.4, -0.2) is 9.97 Å². The number of nitrogens with one attached hydrogen (secondary N) is 2. The topological polar surface area (TPSA) is 75.9 Å². The number of aryl methyl sites for hydroxylation is 2. The summed E-state index contributed by atoms with van der Waals surface area (Å²) in [5.74, 6) is 7.69. The van der Waals surface area contributed by atoms with Crippen LogP contribution in [0.5, 0.6) is 0 Å². The Morgan fingerprint density at radius 1 is 1.32 bits per heavy atom. The van der Waals surface area contributed by atoms with Crippen molar-refractivity contribution < 1.29 is 0 Å². The zero-order valence-electron chi connectivity index (χ0n) is 11.2. The molecule has 0 saturated carbocycles. The number of nitrogens with two attached hydrogens (primary N) is 1. The first kappa shape index (κ1) is 13.8. The number of anilines is 2. The van der Waals surface area contributed by atoms with Crippen LogP contribution in [-0.2, 0) is 13.0 Å². The SMILES string of the molecule is CCCc1nc(NN)cc(NCc2sccc2C)n1. The van der Waals surface area contributed by atoms with Gasteiger partial charge in [0.25, 0.3) is 0 Å². The lowest BCUT2D eigenvalue weighted by atomic mass is 10.3. The zero-order chi connectivity index (χ0) is 13.7. The van der Waals surface area contributed by atoms with E-state index >= 15 is 0 Å². The van der Waals surface area contributed by atoms with Crippen molar-refractivity contribution in [3.63, 3.8) is 0 Å². The number of aromatic nitrogens is 2. The Hall–Kier alpha value is -1.66. The van der Waals surface area contributed by atoms with Crippen molar-refractivity contribution >= 4 is 23.0 Å². The third-order valence-corrected chi connectivity index (χ3v) is 3.82. The van der Waals surface area contributed by atoms with Crippen LogP contribution in [0.4, 0.5) is 11.6 Å². The minimum atomic E-state index is 0.642. The van der Waals surface area contributed by atoms with Crippen molar-refractivity contribution in [3.8, 4) is 0 Å². The molecule has 0 bridgehead atoms. The molecule has 0 radical (unpaired) electrons. The highest BCUT2D eigenvalue weighted by Crippen LogP contribution is 2.18. The van der Waals surface area contributed by atoms with E-state index in [0.717, 1.165) is 31.0 Å². The number of hydrogen-bond acceptors (Lipinski definition) is 6. The van der Waals surface area contributed by atoms with Crippen LogP contribution in [0.3, 0.4) is 0 Å². The molecule has 5 nitrogen and oxygen atoms in total. The number of hydrazine groups is 1. The van der Waals surface area contributed by atoms with Crippen LogP contribution in [0.15, 0.2) is 17.5 Å². The fourth-order valence-corrected chi connectivity index (χ4v) is 2.60. The smallest absolute Gasteiger partial charge is 0.145 e. The number of thiophene rings is 1. The summed E-state index contributed by atoms with van der Waals surface area (Å²) in [5, 5.41) is 5.42. The molecule has 6 heteroatoms. The standard InChI is InChI=1S/C13H19N5S/c1-3-4-11-16-12(7-13(17-11)18-14)15-8-10-9(2)5-6-19-10/h5-7H,3-4,8,14H2,1-2H3,(H2,15,16,17,18). The zero-order valence-corrected chi connectivity index (χ0v) is 12.0. The minimum absolute atomic E-state index is 0.642. The van der Waals surface area contributed by atoms with Crippen LogP contribution in [0.25, 0.3) is 0 Å². The molecule has 2 heterocycles. The lowest BCUT2D eigenvalue weighted by Gasteiger charge is -2.09. The van der Waals surface area contributed by atoms with Crippen molar-refractivity contribution in [2.24, 2.45) is 5.84 Å². The summed E-state index contributed by atoms with van der Waals surface area (Å²) in [4.78, 5) is 10.1. The van der Waals surface area contributed by atoms with E-state index in [4.69, 9.17) is 5.84 Å². The van der Waals surface area contributed by atoms with Crippen molar-refractivity contribution in [2.75, 3.05) is 10.7 Å². The molecule has 2 rings (SSSR count). The first-order chi connectivity index (χ1) is 9.22. The normalized spacial score (nSPS) is 10.5. The summed E-state index contributed by atoms with van der Waals surface area (Å²) >= 11 is 1.75. The van der Waals surface area contributed by atoms with Gasteiger partial charge in [0.05, 0.1) is 6.54 Å². The van der Waals surface area contributed by atoms with E-state index in [9.17, 15) is 0 Å². The van der Waals surface area contributed by atoms with Gasteiger partial charge in [0.15, 0.2) is 0 Å². The van der Waals surface area contributed by atoms with Gasteiger partial charge < -0.3 is 10.7 Å². The lowest BCUT2D eigenvalue weighted by molar-refractivity contribution is 0.834. The number of hydrogen-bond donors (Lipinski definition) is 3. The van der Waals surface area contributed by atoms with E-state index < -0.39 is 0 Å². The quantitative estimate of drug-likeness (QED) is 0.559. The monoisotopic (exact) mass is 277 g/mol. The first-order valence-corrected chi connectivity index (χ1v) is 7.22. The predicted molar refractivity (Wildman–Crippen MR) is 80.2 cm³/mol. The molecule has 0 aliphatic rings. The van der Waals surface area contributed by atoms with E-state index in [1.54, 1.807) is 11.3 Å². The second-order valence-corrected chi connectivity index (χ2v) is 5.33. The molecule has 0 unspecified atom stereocenters. The Labute approximate surface area is 117 Å². The molecule has 0 amide bonds. The predicted octanol–water partition coefficient (Wildman–Crippen LogP) is 2.70. The van der Waals surface area contributed by atoms with Gasteiger partial charge in [-0.1, -0.05) is 6.92 Å². The Kier molecular flexibility index (Phi) is 4.70. The fraction of sp³-hybridized carbons (Fsp3) is 0.385. The van der Waals surface area contributed by atoms with Gasteiger partial charge in [-0.2, -0.15) is 0 Å². The Morgan fingerprint density at radius 3 is 2.74 bits per heavy atom. The van der Waals surface area contributed by atoms with Crippen molar-refractivity contribution in [3.05, 3.63) is 33.8 Å². The molecule has 4 N–H and O–H groups in total. The van der Waals surface area contributed by atoms with E-state index in [1.807, 2.05) is 6.07 Å². The fourth-order valence-electron chi connectivity index (χ4n) is 1.75. The van der Waals surface area contributed by atoms with E-state index in [-0.39, 0.29) is 0 Å². The molecular weight excluding hydrogens is 258 g/mol. The molecule has 0 spiro atoms. The molecule has 0 aliphatic carbocycles. The van der Waals surface area contributed by atoms with Gasteiger partial charge in [-0.25, -0.2) is 15.8 Å². The highest BCUT2D eigenvalue weighted by atomic mass is 32.1.